The average molecular weight is 272 g/mol. The summed E-state index contributed by atoms with van der Waals surface area (Å²) in [6.45, 7) is 4.91. The third-order valence-electron chi connectivity index (χ3n) is 1.90. The van der Waals surface area contributed by atoms with Gasteiger partial charge in [-0.1, -0.05) is 41.9 Å². The van der Waals surface area contributed by atoms with E-state index in [9.17, 15) is 4.39 Å². The van der Waals surface area contributed by atoms with E-state index in [0.717, 1.165) is 11.0 Å². The van der Waals surface area contributed by atoms with E-state index in [1.807, 2.05) is 6.08 Å². The molecule has 0 aliphatic rings. The van der Waals surface area contributed by atoms with Gasteiger partial charge in [0.25, 0.3) is 0 Å². The third kappa shape index (κ3) is 4.58. The van der Waals surface area contributed by atoms with Crippen LogP contribution >= 0.6 is 15.9 Å². The lowest BCUT2D eigenvalue weighted by atomic mass is 10.2. The van der Waals surface area contributed by atoms with Gasteiger partial charge in [0, 0.05) is 22.6 Å². The highest BCUT2D eigenvalue weighted by atomic mass is 79.9. The number of halogens is 2. The molecule has 0 radical (unpaired) electrons. The van der Waals surface area contributed by atoms with Crippen molar-refractivity contribution in [1.29, 1.82) is 0 Å². The molecule has 0 heterocycles. The molecule has 0 saturated heterocycles. The third-order valence-corrected chi connectivity index (χ3v) is 2.39. The van der Waals surface area contributed by atoms with Gasteiger partial charge in [0.05, 0.1) is 0 Å². The van der Waals surface area contributed by atoms with Crippen LogP contribution in [0.3, 0.4) is 0 Å². The molecule has 0 fully saturated rings. The van der Waals surface area contributed by atoms with E-state index in [1.165, 1.54) is 6.07 Å². The Hall–Kier alpha value is -0.670. The fourth-order valence-electron chi connectivity index (χ4n) is 1.13. The van der Waals surface area contributed by atoms with Crippen LogP contribution < -0.4 is 5.32 Å². The Balaban J connectivity index is 2.59. The summed E-state index contributed by atoms with van der Waals surface area (Å²) in [5.74, 6) is -0.195. The van der Waals surface area contributed by atoms with Crippen LogP contribution in [0.25, 0.3) is 6.08 Å². The summed E-state index contributed by atoms with van der Waals surface area (Å²) < 4.78 is 14.2. The summed E-state index contributed by atoms with van der Waals surface area (Å²) in [6.07, 6.45) is 3.71. The Labute approximate surface area is 98.5 Å². The summed E-state index contributed by atoms with van der Waals surface area (Å²) in [7, 11) is 0. The predicted octanol–water partition coefficient (Wildman–Crippen LogP) is 3.60. The molecule has 1 aromatic rings. The van der Waals surface area contributed by atoms with Crippen molar-refractivity contribution in [3.63, 3.8) is 0 Å². The van der Waals surface area contributed by atoms with Crippen LogP contribution in [0.4, 0.5) is 4.39 Å². The van der Waals surface area contributed by atoms with Crippen molar-refractivity contribution in [2.75, 3.05) is 6.54 Å². The van der Waals surface area contributed by atoms with Crippen LogP contribution in [0.15, 0.2) is 28.7 Å². The lowest BCUT2D eigenvalue weighted by Crippen LogP contribution is -2.22. The molecule has 0 aromatic heterocycles. The number of nitrogens with one attached hydrogen (secondary N) is 1. The van der Waals surface area contributed by atoms with Crippen molar-refractivity contribution in [2.24, 2.45) is 0 Å². The van der Waals surface area contributed by atoms with Crippen LogP contribution in [0, 0.1) is 5.82 Å². The van der Waals surface area contributed by atoms with Crippen molar-refractivity contribution >= 4 is 22.0 Å². The van der Waals surface area contributed by atoms with E-state index in [0.29, 0.717) is 11.6 Å². The molecule has 0 aliphatic carbocycles. The fraction of sp³-hybridized carbons (Fsp3) is 0.333. The normalized spacial score (nSPS) is 11.5. The van der Waals surface area contributed by atoms with Crippen molar-refractivity contribution in [2.45, 2.75) is 19.9 Å². The molecule has 1 aromatic carbocycles. The number of rotatable bonds is 4. The molecule has 0 atom stereocenters. The SMILES string of the molecule is CC(C)NCC=Cc1cc(Br)ccc1F. The van der Waals surface area contributed by atoms with E-state index >= 15 is 0 Å². The molecular weight excluding hydrogens is 257 g/mol. The van der Waals surface area contributed by atoms with Gasteiger partial charge in [0.2, 0.25) is 0 Å². The fourth-order valence-corrected chi connectivity index (χ4v) is 1.51. The van der Waals surface area contributed by atoms with E-state index in [4.69, 9.17) is 0 Å². The summed E-state index contributed by atoms with van der Waals surface area (Å²) >= 11 is 3.31. The van der Waals surface area contributed by atoms with Crippen molar-refractivity contribution in [1.82, 2.24) is 5.32 Å². The second-order valence-corrected chi connectivity index (χ2v) is 4.55. The second-order valence-electron chi connectivity index (χ2n) is 3.63. The molecule has 82 valence electrons. The molecule has 0 bridgehead atoms. The van der Waals surface area contributed by atoms with E-state index in [-0.39, 0.29) is 5.82 Å². The number of benzene rings is 1. The molecule has 0 amide bonds. The lowest BCUT2D eigenvalue weighted by molar-refractivity contribution is 0.623. The Morgan fingerprint density at radius 3 is 2.87 bits per heavy atom. The minimum Gasteiger partial charge on any atom is -0.311 e. The highest BCUT2D eigenvalue weighted by molar-refractivity contribution is 9.10. The smallest absolute Gasteiger partial charge is 0.130 e. The van der Waals surface area contributed by atoms with Crippen molar-refractivity contribution < 1.29 is 4.39 Å². The maximum Gasteiger partial charge on any atom is 0.130 e. The van der Waals surface area contributed by atoms with Crippen molar-refractivity contribution in [3.05, 3.63) is 40.1 Å². The first kappa shape index (κ1) is 12.4. The average Bonchev–Trinajstić information content (AvgIpc) is 2.17. The zero-order chi connectivity index (χ0) is 11.3. The van der Waals surface area contributed by atoms with E-state index in [2.05, 4.69) is 35.1 Å². The molecule has 0 spiro atoms. The first-order valence-corrected chi connectivity index (χ1v) is 5.74. The molecule has 1 N–H and O–H groups in total. The topological polar surface area (TPSA) is 12.0 Å². The number of hydrogen-bond donors (Lipinski definition) is 1. The van der Waals surface area contributed by atoms with Crippen LogP contribution in [0.2, 0.25) is 0 Å². The first-order valence-electron chi connectivity index (χ1n) is 4.94. The van der Waals surface area contributed by atoms with Gasteiger partial charge < -0.3 is 5.32 Å². The van der Waals surface area contributed by atoms with Gasteiger partial charge in [-0.3, -0.25) is 0 Å². The molecule has 0 aliphatic heterocycles. The van der Waals surface area contributed by atoms with Crippen LogP contribution in [-0.2, 0) is 0 Å². The van der Waals surface area contributed by atoms with Gasteiger partial charge in [0.15, 0.2) is 0 Å². The molecule has 0 unspecified atom stereocenters. The Bertz CT molecular complexity index is 347. The second kappa shape index (κ2) is 6.03. The number of hydrogen-bond acceptors (Lipinski definition) is 1. The predicted molar refractivity (Wildman–Crippen MR) is 66.3 cm³/mol. The maximum atomic E-state index is 13.3. The van der Waals surface area contributed by atoms with Crippen LogP contribution in [0.1, 0.15) is 19.4 Å². The Morgan fingerprint density at radius 1 is 1.47 bits per heavy atom. The summed E-state index contributed by atoms with van der Waals surface area (Å²) in [6, 6.07) is 5.36. The van der Waals surface area contributed by atoms with Gasteiger partial charge in [-0.2, -0.15) is 0 Å². The summed E-state index contributed by atoms with van der Waals surface area (Å²) in [5, 5.41) is 3.23. The van der Waals surface area contributed by atoms with Gasteiger partial charge in [-0.05, 0) is 18.2 Å². The van der Waals surface area contributed by atoms with Crippen LogP contribution in [-0.4, -0.2) is 12.6 Å². The molecule has 15 heavy (non-hydrogen) atoms. The largest absolute Gasteiger partial charge is 0.311 e. The minimum absolute atomic E-state index is 0.195. The Morgan fingerprint density at radius 2 is 2.20 bits per heavy atom. The zero-order valence-electron chi connectivity index (χ0n) is 8.93. The molecule has 0 saturated carbocycles. The summed E-state index contributed by atoms with van der Waals surface area (Å²) in [5.41, 5.74) is 0.606. The van der Waals surface area contributed by atoms with Gasteiger partial charge >= 0.3 is 0 Å². The zero-order valence-corrected chi connectivity index (χ0v) is 10.5. The highest BCUT2D eigenvalue weighted by Crippen LogP contribution is 2.16. The molecule has 3 heteroatoms. The standard InChI is InChI=1S/C12H15BrFN/c1-9(2)15-7-3-4-10-8-11(13)5-6-12(10)14/h3-6,8-9,15H,7H2,1-2H3. The van der Waals surface area contributed by atoms with Crippen LogP contribution in [0.5, 0.6) is 0 Å². The monoisotopic (exact) mass is 271 g/mol. The molecular formula is C12H15BrFN. The van der Waals surface area contributed by atoms with Crippen molar-refractivity contribution in [3.8, 4) is 0 Å². The highest BCUT2D eigenvalue weighted by Gasteiger charge is 1.98. The quantitative estimate of drug-likeness (QED) is 0.883. The van der Waals surface area contributed by atoms with E-state index < -0.39 is 0 Å². The van der Waals surface area contributed by atoms with Gasteiger partial charge in [0.1, 0.15) is 5.82 Å². The maximum absolute atomic E-state index is 13.3. The first-order chi connectivity index (χ1) is 7.09. The van der Waals surface area contributed by atoms with Gasteiger partial charge in [-0.25, -0.2) is 4.39 Å². The Kier molecular flexibility index (Phi) is 4.99. The lowest BCUT2D eigenvalue weighted by Gasteiger charge is -2.03. The van der Waals surface area contributed by atoms with Gasteiger partial charge in [-0.15, -0.1) is 0 Å². The molecule has 1 rings (SSSR count). The van der Waals surface area contributed by atoms with E-state index in [1.54, 1.807) is 18.2 Å². The molecule has 1 nitrogen and oxygen atoms in total. The summed E-state index contributed by atoms with van der Waals surface area (Å²) in [4.78, 5) is 0. The minimum atomic E-state index is -0.195.